The Morgan fingerprint density at radius 3 is 1.41 bits per heavy atom. The summed E-state index contributed by atoms with van der Waals surface area (Å²) in [6, 6.07) is 4.36. The van der Waals surface area contributed by atoms with Gasteiger partial charge in [0, 0.05) is 45.1 Å². The highest BCUT2D eigenvalue weighted by molar-refractivity contribution is 5.91. The molecule has 0 aliphatic rings. The summed E-state index contributed by atoms with van der Waals surface area (Å²) in [5, 5.41) is 22.0. The van der Waals surface area contributed by atoms with Gasteiger partial charge >= 0.3 is 11.9 Å². The highest BCUT2D eigenvalue weighted by Gasteiger charge is 2.10. The number of allylic oxidation sites excluding steroid dienone is 4. The Labute approximate surface area is 372 Å². The van der Waals surface area contributed by atoms with Crippen molar-refractivity contribution in [1.29, 1.82) is 0 Å². The van der Waals surface area contributed by atoms with Gasteiger partial charge in [-0.25, -0.2) is 0 Å². The van der Waals surface area contributed by atoms with Crippen molar-refractivity contribution in [2.75, 3.05) is 39.4 Å². The van der Waals surface area contributed by atoms with Crippen LogP contribution in [0.5, 0.6) is 11.5 Å². The third kappa shape index (κ3) is 36.8. The third-order valence-electron chi connectivity index (χ3n) is 11.0. The molecular formula is C52H88N2O7. The summed E-state index contributed by atoms with van der Waals surface area (Å²) in [7, 11) is 0. The van der Waals surface area contributed by atoms with E-state index in [1.165, 1.54) is 134 Å². The summed E-state index contributed by atoms with van der Waals surface area (Å²) in [5.74, 6) is -1.08. The molecule has 0 atom stereocenters. The highest BCUT2D eigenvalue weighted by atomic mass is 16.5. The number of hydrogen-bond donors (Lipinski definition) is 3. The number of nitrogens with one attached hydrogen (secondary N) is 1. The predicted molar refractivity (Wildman–Crippen MR) is 254 cm³/mol. The van der Waals surface area contributed by atoms with Crippen molar-refractivity contribution >= 4 is 23.9 Å². The van der Waals surface area contributed by atoms with Crippen LogP contribution in [0.4, 0.5) is 0 Å². The number of nitrogens with zero attached hydrogens (tertiary/aromatic N) is 1. The molecule has 0 aromatic heterocycles. The van der Waals surface area contributed by atoms with Gasteiger partial charge in [-0.2, -0.15) is 0 Å². The first-order valence-electron chi connectivity index (χ1n) is 24.7. The molecule has 0 heterocycles. The van der Waals surface area contributed by atoms with Gasteiger partial charge in [0.25, 0.3) is 0 Å². The van der Waals surface area contributed by atoms with Gasteiger partial charge in [-0.15, -0.1) is 0 Å². The maximum absolute atomic E-state index is 12.5. The Bertz CT molecular complexity index is 1250. The number of esters is 2. The number of amides is 1. The van der Waals surface area contributed by atoms with Crippen molar-refractivity contribution in [3.05, 3.63) is 54.1 Å². The quantitative estimate of drug-likeness (QED) is 0.0195. The fourth-order valence-corrected chi connectivity index (χ4v) is 7.13. The zero-order valence-corrected chi connectivity index (χ0v) is 38.8. The van der Waals surface area contributed by atoms with Crippen molar-refractivity contribution in [1.82, 2.24) is 10.2 Å². The number of phenols is 2. The zero-order chi connectivity index (χ0) is 44.3. The maximum atomic E-state index is 12.5. The van der Waals surface area contributed by atoms with E-state index in [1.807, 2.05) is 0 Å². The topological polar surface area (TPSA) is 125 Å². The van der Waals surface area contributed by atoms with E-state index in [4.69, 9.17) is 9.47 Å². The highest BCUT2D eigenvalue weighted by Crippen LogP contribution is 2.25. The standard InChI is InChI=1S/C52H88N2O7/c1-3-5-7-9-11-13-15-17-19-21-23-25-27-29-31-34-51(58)60-44-42-54(41-33-40-53-50(57)39-37-47-36-38-48(55)49(56)46-47)43-45-61-52(59)35-32-30-28-26-24-22-20-18-16-14-12-10-8-6-4-2/h17-20,36-39,46,55-56H,3-16,21-35,40-45H2,1-2H3,(H,53,57)/b19-17-,20-18-,39-37+. The second kappa shape index (κ2) is 41.7. The minimum atomic E-state index is -0.270. The molecule has 61 heavy (non-hydrogen) atoms. The van der Waals surface area contributed by atoms with E-state index < -0.39 is 0 Å². The van der Waals surface area contributed by atoms with Gasteiger partial charge in [-0.05, 0) is 94.4 Å². The van der Waals surface area contributed by atoms with Crippen LogP contribution in [0.3, 0.4) is 0 Å². The first-order chi connectivity index (χ1) is 29.8. The lowest BCUT2D eigenvalue weighted by Crippen LogP contribution is -2.35. The van der Waals surface area contributed by atoms with E-state index in [9.17, 15) is 24.6 Å². The van der Waals surface area contributed by atoms with E-state index in [-0.39, 0.29) is 42.6 Å². The molecule has 0 bridgehead atoms. The number of benzene rings is 1. The minimum absolute atomic E-state index is 0.176. The molecule has 0 saturated heterocycles. The van der Waals surface area contributed by atoms with Crippen LogP contribution in [0.15, 0.2) is 48.6 Å². The van der Waals surface area contributed by atoms with E-state index in [2.05, 4.69) is 48.4 Å². The molecule has 1 rings (SSSR count). The number of phenolic OH excluding ortho intramolecular Hbond substituents is 2. The predicted octanol–water partition coefficient (Wildman–Crippen LogP) is 13.1. The van der Waals surface area contributed by atoms with Crippen LogP contribution in [0, 0.1) is 0 Å². The van der Waals surface area contributed by atoms with E-state index in [0.29, 0.717) is 51.0 Å². The second-order valence-electron chi connectivity index (χ2n) is 16.7. The lowest BCUT2D eigenvalue weighted by molar-refractivity contribution is -0.144. The van der Waals surface area contributed by atoms with E-state index in [0.717, 1.165) is 51.4 Å². The second-order valence-corrected chi connectivity index (χ2v) is 16.7. The Morgan fingerprint density at radius 1 is 0.541 bits per heavy atom. The fourth-order valence-electron chi connectivity index (χ4n) is 7.13. The van der Waals surface area contributed by atoms with Crippen molar-refractivity contribution in [2.24, 2.45) is 0 Å². The molecule has 0 radical (unpaired) electrons. The first kappa shape index (κ1) is 55.4. The Hall–Kier alpha value is -3.59. The molecule has 0 unspecified atom stereocenters. The van der Waals surface area contributed by atoms with Gasteiger partial charge in [0.15, 0.2) is 11.5 Å². The average Bonchev–Trinajstić information content (AvgIpc) is 3.25. The summed E-state index contributed by atoms with van der Waals surface area (Å²) in [6.45, 7) is 7.14. The molecule has 9 nitrogen and oxygen atoms in total. The molecule has 348 valence electrons. The molecule has 1 aromatic carbocycles. The first-order valence-corrected chi connectivity index (χ1v) is 24.7. The van der Waals surface area contributed by atoms with E-state index in [1.54, 1.807) is 12.1 Å². The third-order valence-corrected chi connectivity index (χ3v) is 11.0. The number of hydrogen-bond acceptors (Lipinski definition) is 8. The summed E-state index contributed by atoms with van der Waals surface area (Å²) in [5.41, 5.74) is 0.593. The van der Waals surface area contributed by atoms with Gasteiger partial charge in [0.1, 0.15) is 13.2 Å². The minimum Gasteiger partial charge on any atom is -0.504 e. The maximum Gasteiger partial charge on any atom is 0.305 e. The number of aromatic hydroxyl groups is 2. The van der Waals surface area contributed by atoms with Crippen LogP contribution >= 0.6 is 0 Å². The molecule has 0 spiro atoms. The number of carbonyl (C=O) groups is 3. The summed E-state index contributed by atoms with van der Waals surface area (Å²) in [4.78, 5) is 39.4. The fraction of sp³-hybridized carbons (Fsp3) is 0.712. The average molecular weight is 853 g/mol. The van der Waals surface area contributed by atoms with Crippen LogP contribution in [-0.2, 0) is 23.9 Å². The van der Waals surface area contributed by atoms with Crippen molar-refractivity contribution in [3.8, 4) is 11.5 Å². The normalized spacial score (nSPS) is 11.7. The monoisotopic (exact) mass is 853 g/mol. The SMILES string of the molecule is CCCCCCCC/C=C\CCCCCCCC(=O)OCCN(CCCNC(=O)/C=C/c1ccc(O)c(O)c1)CCOC(=O)CCCCCCC/C=C\CCCCCCCC. The van der Waals surface area contributed by atoms with Crippen LogP contribution in [0.1, 0.15) is 206 Å². The van der Waals surface area contributed by atoms with Crippen LogP contribution in [0.25, 0.3) is 6.08 Å². The van der Waals surface area contributed by atoms with Gasteiger partial charge in [-0.3, -0.25) is 19.3 Å². The van der Waals surface area contributed by atoms with Gasteiger partial charge in [0.2, 0.25) is 5.91 Å². The van der Waals surface area contributed by atoms with Crippen molar-refractivity contribution in [3.63, 3.8) is 0 Å². The summed E-state index contributed by atoms with van der Waals surface area (Å²) < 4.78 is 11.2. The van der Waals surface area contributed by atoms with Crippen molar-refractivity contribution in [2.45, 2.75) is 200 Å². The van der Waals surface area contributed by atoms with Gasteiger partial charge in [-0.1, -0.05) is 147 Å². The smallest absolute Gasteiger partial charge is 0.305 e. The van der Waals surface area contributed by atoms with Crippen LogP contribution < -0.4 is 5.32 Å². The molecule has 0 aliphatic carbocycles. The molecule has 3 N–H and O–H groups in total. The number of carbonyl (C=O) groups excluding carboxylic acids is 3. The van der Waals surface area contributed by atoms with Crippen molar-refractivity contribution < 1.29 is 34.1 Å². The molecule has 0 aliphatic heterocycles. The number of unbranched alkanes of at least 4 members (excludes halogenated alkanes) is 22. The van der Waals surface area contributed by atoms with E-state index >= 15 is 0 Å². The summed E-state index contributed by atoms with van der Waals surface area (Å²) in [6.07, 6.45) is 45.4. The lowest BCUT2D eigenvalue weighted by Gasteiger charge is -2.22. The van der Waals surface area contributed by atoms with Crippen LogP contribution in [0.2, 0.25) is 0 Å². The largest absolute Gasteiger partial charge is 0.504 e. The van der Waals surface area contributed by atoms with Gasteiger partial charge < -0.3 is 25.0 Å². The summed E-state index contributed by atoms with van der Waals surface area (Å²) >= 11 is 0. The number of rotatable bonds is 42. The Balaban J connectivity index is 2.30. The molecule has 1 amide bonds. The Kier molecular flexibility index (Phi) is 37.9. The molecule has 0 saturated carbocycles. The molecule has 9 heteroatoms. The van der Waals surface area contributed by atoms with Crippen LogP contribution in [-0.4, -0.2) is 72.4 Å². The molecule has 0 fully saturated rings. The number of ether oxygens (including phenoxy) is 2. The zero-order valence-electron chi connectivity index (χ0n) is 38.8. The Morgan fingerprint density at radius 2 is 0.967 bits per heavy atom. The van der Waals surface area contributed by atoms with Gasteiger partial charge in [0.05, 0.1) is 0 Å². The molecule has 1 aromatic rings. The molecular weight excluding hydrogens is 765 g/mol. The lowest BCUT2D eigenvalue weighted by atomic mass is 10.1.